The quantitative estimate of drug-likeness (QED) is 0.865. The molecule has 2 aromatic carbocycles. The minimum Gasteiger partial charge on any atom is -0.399 e. The molecule has 1 atom stereocenters. The molecule has 2 aromatic rings. The highest BCUT2D eigenvalue weighted by molar-refractivity contribution is 7.84. The van der Waals surface area contributed by atoms with Crippen molar-refractivity contribution in [3.63, 3.8) is 0 Å². The summed E-state index contributed by atoms with van der Waals surface area (Å²) in [7, 11) is -1.29. The fraction of sp³-hybridized carbons (Fsp3) is 0.143. The highest BCUT2D eigenvalue weighted by atomic mass is 32.2. The zero-order chi connectivity index (χ0) is 13.1. The topological polar surface area (TPSA) is 43.1 Å². The van der Waals surface area contributed by atoms with E-state index in [1.165, 1.54) is 6.07 Å². The number of nitrogens with two attached hydrogens (primary N) is 1. The van der Waals surface area contributed by atoms with Crippen molar-refractivity contribution in [2.24, 2.45) is 0 Å². The van der Waals surface area contributed by atoms with Crippen LogP contribution in [0, 0.1) is 12.7 Å². The van der Waals surface area contributed by atoms with Gasteiger partial charge in [-0.2, -0.15) is 0 Å². The van der Waals surface area contributed by atoms with Crippen LogP contribution < -0.4 is 5.73 Å². The van der Waals surface area contributed by atoms with Crippen molar-refractivity contribution in [2.75, 3.05) is 5.73 Å². The average molecular weight is 263 g/mol. The van der Waals surface area contributed by atoms with E-state index >= 15 is 0 Å². The zero-order valence-corrected chi connectivity index (χ0v) is 10.8. The van der Waals surface area contributed by atoms with Crippen LogP contribution in [-0.2, 0) is 16.6 Å². The summed E-state index contributed by atoms with van der Waals surface area (Å²) in [6.45, 7) is 1.87. The Bertz CT molecular complexity index is 598. The lowest BCUT2D eigenvalue weighted by molar-refractivity contribution is 0.615. The molecule has 94 valence electrons. The molecule has 18 heavy (non-hydrogen) atoms. The van der Waals surface area contributed by atoms with E-state index in [2.05, 4.69) is 0 Å². The number of anilines is 1. The van der Waals surface area contributed by atoms with Crippen molar-refractivity contribution in [1.82, 2.24) is 0 Å². The number of nitrogen functional groups attached to an aromatic ring is 1. The lowest BCUT2D eigenvalue weighted by Crippen LogP contribution is -2.01. The van der Waals surface area contributed by atoms with Gasteiger partial charge in [-0.05, 0) is 30.7 Å². The maximum atomic E-state index is 13.5. The molecule has 0 fully saturated rings. The minimum atomic E-state index is -1.29. The second-order valence-electron chi connectivity index (χ2n) is 4.11. The van der Waals surface area contributed by atoms with E-state index in [1.807, 2.05) is 13.0 Å². The molecule has 0 aliphatic heterocycles. The van der Waals surface area contributed by atoms with E-state index in [4.69, 9.17) is 5.73 Å². The molecule has 2 N–H and O–H groups in total. The van der Waals surface area contributed by atoms with Crippen molar-refractivity contribution < 1.29 is 8.60 Å². The molecule has 0 aliphatic carbocycles. The molecule has 0 bridgehead atoms. The van der Waals surface area contributed by atoms with Crippen molar-refractivity contribution in [3.05, 3.63) is 59.4 Å². The first-order chi connectivity index (χ1) is 8.58. The smallest absolute Gasteiger partial charge is 0.127 e. The second kappa shape index (κ2) is 5.31. The normalized spacial score (nSPS) is 12.3. The fourth-order valence-electron chi connectivity index (χ4n) is 1.70. The minimum absolute atomic E-state index is 0.164. The number of aryl methyl sites for hydroxylation is 1. The number of benzene rings is 2. The molecule has 0 aromatic heterocycles. The molecule has 0 saturated carbocycles. The van der Waals surface area contributed by atoms with Gasteiger partial charge in [0.2, 0.25) is 0 Å². The predicted octanol–water partition coefficient (Wildman–Crippen LogP) is 3.02. The Morgan fingerprint density at radius 3 is 2.67 bits per heavy atom. The van der Waals surface area contributed by atoms with E-state index in [9.17, 15) is 8.60 Å². The van der Waals surface area contributed by atoms with Crippen molar-refractivity contribution in [2.45, 2.75) is 17.6 Å². The molecule has 4 heteroatoms. The molecular formula is C14H14FNOS. The van der Waals surface area contributed by atoms with Crippen LogP contribution in [0.5, 0.6) is 0 Å². The van der Waals surface area contributed by atoms with Gasteiger partial charge in [0.25, 0.3) is 0 Å². The summed E-state index contributed by atoms with van der Waals surface area (Å²) in [5, 5.41) is 0. The molecule has 2 rings (SSSR count). The summed E-state index contributed by atoms with van der Waals surface area (Å²) in [5.74, 6) is -0.163. The van der Waals surface area contributed by atoms with Crippen molar-refractivity contribution >= 4 is 16.5 Å². The van der Waals surface area contributed by atoms with Gasteiger partial charge in [0.05, 0.1) is 16.6 Å². The van der Waals surface area contributed by atoms with E-state index in [1.54, 1.807) is 30.3 Å². The van der Waals surface area contributed by atoms with E-state index in [0.29, 0.717) is 16.1 Å². The van der Waals surface area contributed by atoms with Crippen LogP contribution in [0.1, 0.15) is 11.1 Å². The van der Waals surface area contributed by atoms with Gasteiger partial charge in [-0.1, -0.05) is 24.3 Å². The lowest BCUT2D eigenvalue weighted by atomic mass is 10.2. The molecule has 0 aliphatic rings. The van der Waals surface area contributed by atoms with Crippen LogP contribution >= 0.6 is 0 Å². The van der Waals surface area contributed by atoms with Crippen LogP contribution in [0.4, 0.5) is 10.1 Å². The van der Waals surface area contributed by atoms with Gasteiger partial charge in [-0.25, -0.2) is 4.39 Å². The summed E-state index contributed by atoms with van der Waals surface area (Å²) in [4.78, 5) is 0.665. The number of hydrogen-bond donors (Lipinski definition) is 1. The molecule has 2 nitrogen and oxygen atoms in total. The first-order valence-electron chi connectivity index (χ1n) is 5.56. The van der Waals surface area contributed by atoms with Crippen LogP contribution in [0.2, 0.25) is 0 Å². The third-order valence-electron chi connectivity index (χ3n) is 2.70. The Labute approximate surface area is 108 Å². The standard InChI is InChI=1S/C14H14FNOS/c1-10-6-7-12(16)8-14(10)18(17)9-11-4-2-3-5-13(11)15/h2-8H,9,16H2,1H3. The van der Waals surface area contributed by atoms with Crippen molar-refractivity contribution in [1.29, 1.82) is 0 Å². The Morgan fingerprint density at radius 1 is 1.22 bits per heavy atom. The van der Waals surface area contributed by atoms with Gasteiger partial charge in [0.1, 0.15) is 5.82 Å². The predicted molar refractivity (Wildman–Crippen MR) is 72.1 cm³/mol. The van der Waals surface area contributed by atoms with Gasteiger partial charge in [0, 0.05) is 16.1 Å². The Kier molecular flexibility index (Phi) is 3.77. The molecule has 0 amide bonds. The first-order valence-corrected chi connectivity index (χ1v) is 6.87. The summed E-state index contributed by atoms with van der Waals surface area (Å²) in [5.41, 5.74) is 7.61. The van der Waals surface area contributed by atoms with Gasteiger partial charge in [-0.15, -0.1) is 0 Å². The van der Waals surface area contributed by atoms with Gasteiger partial charge in [0.15, 0.2) is 0 Å². The fourth-order valence-corrected chi connectivity index (χ4v) is 3.06. The Morgan fingerprint density at radius 2 is 1.94 bits per heavy atom. The molecular weight excluding hydrogens is 249 g/mol. The van der Waals surface area contributed by atoms with Crippen LogP contribution in [0.25, 0.3) is 0 Å². The van der Waals surface area contributed by atoms with Crippen LogP contribution in [0.15, 0.2) is 47.4 Å². The van der Waals surface area contributed by atoms with Gasteiger partial charge < -0.3 is 5.73 Å². The summed E-state index contributed by atoms with van der Waals surface area (Å²) < 4.78 is 25.7. The highest BCUT2D eigenvalue weighted by Gasteiger charge is 2.11. The van der Waals surface area contributed by atoms with E-state index in [0.717, 1.165) is 5.56 Å². The van der Waals surface area contributed by atoms with Gasteiger partial charge in [-0.3, -0.25) is 4.21 Å². The highest BCUT2D eigenvalue weighted by Crippen LogP contribution is 2.20. The summed E-state index contributed by atoms with van der Waals surface area (Å²) >= 11 is 0. The Hall–Kier alpha value is -1.68. The molecule has 0 saturated heterocycles. The monoisotopic (exact) mass is 263 g/mol. The SMILES string of the molecule is Cc1ccc(N)cc1S(=O)Cc1ccccc1F. The molecule has 0 heterocycles. The largest absolute Gasteiger partial charge is 0.399 e. The van der Waals surface area contributed by atoms with Crippen LogP contribution in [0.3, 0.4) is 0 Å². The number of hydrogen-bond acceptors (Lipinski definition) is 2. The molecule has 1 unspecified atom stereocenters. The summed E-state index contributed by atoms with van der Waals surface area (Å²) in [6.07, 6.45) is 0. The van der Waals surface area contributed by atoms with Gasteiger partial charge >= 0.3 is 0 Å². The zero-order valence-electron chi connectivity index (χ0n) is 10.0. The van der Waals surface area contributed by atoms with E-state index < -0.39 is 10.8 Å². The number of rotatable bonds is 3. The maximum absolute atomic E-state index is 13.5. The third kappa shape index (κ3) is 2.76. The number of halogens is 1. The average Bonchev–Trinajstić information content (AvgIpc) is 2.35. The van der Waals surface area contributed by atoms with E-state index in [-0.39, 0.29) is 11.6 Å². The lowest BCUT2D eigenvalue weighted by Gasteiger charge is -2.07. The molecule has 0 spiro atoms. The third-order valence-corrected chi connectivity index (χ3v) is 4.21. The van der Waals surface area contributed by atoms with Crippen LogP contribution in [-0.4, -0.2) is 4.21 Å². The summed E-state index contributed by atoms with van der Waals surface area (Å²) in [6, 6.07) is 11.7. The maximum Gasteiger partial charge on any atom is 0.127 e. The Balaban J connectivity index is 2.28. The second-order valence-corrected chi connectivity index (χ2v) is 5.53. The molecule has 0 radical (unpaired) electrons. The van der Waals surface area contributed by atoms with Crippen molar-refractivity contribution in [3.8, 4) is 0 Å². The first kappa shape index (κ1) is 12.8.